The number of carbonyl (C=O) groups is 2. The highest BCUT2D eigenvalue weighted by atomic mass is 16.6. The first kappa shape index (κ1) is 18.5. The molecule has 6 heteroatoms. The molecule has 6 nitrogen and oxygen atoms in total. The van der Waals surface area contributed by atoms with Crippen LogP contribution < -0.4 is 0 Å². The molecule has 0 spiro atoms. The summed E-state index contributed by atoms with van der Waals surface area (Å²) >= 11 is 0. The van der Waals surface area contributed by atoms with Gasteiger partial charge in [-0.05, 0) is 28.7 Å². The molecule has 1 atom stereocenters. The molecule has 1 aliphatic carbocycles. The lowest BCUT2D eigenvalue weighted by Crippen LogP contribution is -2.49. The minimum atomic E-state index is -0.877. The first-order valence-electron chi connectivity index (χ1n) is 9.56. The standard InChI is InChI=1S/C22H23NO5/c24-21(25)10-9-15-13-27-12-11-23(15)22(26)28-14-20-18-7-3-1-5-16(18)17-6-2-4-8-19(17)20/h1-8,15,20H,9-14H2,(H,24,25). The molecule has 2 aliphatic rings. The molecule has 28 heavy (non-hydrogen) atoms. The van der Waals surface area contributed by atoms with E-state index in [0.29, 0.717) is 26.2 Å². The predicted octanol–water partition coefficient (Wildman–Crippen LogP) is 3.50. The maximum atomic E-state index is 12.7. The molecule has 1 aliphatic heterocycles. The van der Waals surface area contributed by atoms with Gasteiger partial charge in [-0.2, -0.15) is 0 Å². The van der Waals surface area contributed by atoms with Gasteiger partial charge in [-0.3, -0.25) is 4.79 Å². The van der Waals surface area contributed by atoms with Gasteiger partial charge in [-0.1, -0.05) is 48.5 Å². The van der Waals surface area contributed by atoms with Gasteiger partial charge in [0.2, 0.25) is 0 Å². The SMILES string of the molecule is O=C(O)CCC1COCCN1C(=O)OCC1c2ccccc2-c2ccccc21. The Morgan fingerprint density at radius 2 is 1.71 bits per heavy atom. The Morgan fingerprint density at radius 1 is 1.07 bits per heavy atom. The molecule has 0 radical (unpaired) electrons. The fraction of sp³-hybridized carbons (Fsp3) is 0.364. The monoisotopic (exact) mass is 381 g/mol. The van der Waals surface area contributed by atoms with Crippen LogP contribution in [0.3, 0.4) is 0 Å². The molecule has 0 saturated carbocycles. The molecule has 1 unspecified atom stereocenters. The van der Waals surface area contributed by atoms with Crippen LogP contribution >= 0.6 is 0 Å². The fourth-order valence-electron chi connectivity index (χ4n) is 4.10. The maximum Gasteiger partial charge on any atom is 0.410 e. The molecule has 1 saturated heterocycles. The third kappa shape index (κ3) is 3.60. The van der Waals surface area contributed by atoms with Crippen molar-refractivity contribution in [1.29, 1.82) is 0 Å². The molecular formula is C22H23NO5. The Morgan fingerprint density at radius 3 is 2.36 bits per heavy atom. The number of rotatable bonds is 5. The van der Waals surface area contributed by atoms with Gasteiger partial charge in [0, 0.05) is 18.9 Å². The Labute approximate surface area is 163 Å². The van der Waals surface area contributed by atoms with E-state index >= 15 is 0 Å². The van der Waals surface area contributed by atoms with Crippen LogP contribution in [0.5, 0.6) is 0 Å². The number of morpholine rings is 1. The highest BCUT2D eigenvalue weighted by Crippen LogP contribution is 2.44. The molecule has 2 aromatic carbocycles. The number of carbonyl (C=O) groups excluding carboxylic acids is 1. The molecule has 1 N–H and O–H groups in total. The number of amides is 1. The van der Waals surface area contributed by atoms with Gasteiger partial charge >= 0.3 is 12.1 Å². The summed E-state index contributed by atoms with van der Waals surface area (Å²) in [5, 5.41) is 8.93. The summed E-state index contributed by atoms with van der Waals surface area (Å²) in [5.74, 6) is -0.868. The molecule has 0 aromatic heterocycles. The van der Waals surface area contributed by atoms with E-state index in [9.17, 15) is 9.59 Å². The third-order valence-electron chi connectivity index (χ3n) is 5.49. The van der Waals surface area contributed by atoms with Crippen molar-refractivity contribution >= 4 is 12.1 Å². The van der Waals surface area contributed by atoms with Crippen LogP contribution in [0.2, 0.25) is 0 Å². The van der Waals surface area contributed by atoms with E-state index in [1.165, 1.54) is 22.3 Å². The Kier molecular flexibility index (Phi) is 5.30. The van der Waals surface area contributed by atoms with E-state index in [1.54, 1.807) is 4.90 Å². The third-order valence-corrected chi connectivity index (χ3v) is 5.49. The second kappa shape index (κ2) is 8.02. The van der Waals surface area contributed by atoms with Crippen LogP contribution in [0.1, 0.15) is 29.9 Å². The number of hydrogen-bond acceptors (Lipinski definition) is 4. The van der Waals surface area contributed by atoms with Crippen molar-refractivity contribution in [2.24, 2.45) is 0 Å². The molecular weight excluding hydrogens is 358 g/mol. The topological polar surface area (TPSA) is 76.1 Å². The minimum Gasteiger partial charge on any atom is -0.481 e. The second-order valence-corrected chi connectivity index (χ2v) is 7.16. The van der Waals surface area contributed by atoms with E-state index < -0.39 is 12.1 Å². The van der Waals surface area contributed by atoms with E-state index in [-0.39, 0.29) is 25.0 Å². The van der Waals surface area contributed by atoms with Gasteiger partial charge in [0.15, 0.2) is 0 Å². The van der Waals surface area contributed by atoms with Gasteiger partial charge in [0.05, 0.1) is 19.3 Å². The summed E-state index contributed by atoms with van der Waals surface area (Å²) in [5.41, 5.74) is 4.71. The summed E-state index contributed by atoms with van der Waals surface area (Å²) < 4.78 is 11.1. The lowest BCUT2D eigenvalue weighted by atomic mass is 9.98. The van der Waals surface area contributed by atoms with Crippen LogP contribution in [-0.4, -0.2) is 54.5 Å². The van der Waals surface area contributed by atoms with Crippen molar-refractivity contribution in [2.75, 3.05) is 26.4 Å². The Hall–Kier alpha value is -2.86. The number of aliphatic carboxylic acids is 1. The summed E-state index contributed by atoms with van der Waals surface area (Å²) in [7, 11) is 0. The highest BCUT2D eigenvalue weighted by Gasteiger charge is 2.32. The second-order valence-electron chi connectivity index (χ2n) is 7.16. The van der Waals surface area contributed by atoms with Crippen LogP contribution in [0, 0.1) is 0 Å². The normalized spacial score (nSPS) is 18.4. The highest BCUT2D eigenvalue weighted by molar-refractivity contribution is 5.79. The van der Waals surface area contributed by atoms with Crippen molar-refractivity contribution in [3.05, 3.63) is 59.7 Å². The van der Waals surface area contributed by atoms with E-state index in [4.69, 9.17) is 14.6 Å². The van der Waals surface area contributed by atoms with Gasteiger partial charge < -0.3 is 19.5 Å². The van der Waals surface area contributed by atoms with E-state index in [1.807, 2.05) is 24.3 Å². The van der Waals surface area contributed by atoms with E-state index in [0.717, 1.165) is 0 Å². The van der Waals surface area contributed by atoms with Crippen LogP contribution in [-0.2, 0) is 14.3 Å². The van der Waals surface area contributed by atoms with Crippen molar-refractivity contribution in [1.82, 2.24) is 4.90 Å². The average Bonchev–Trinajstić information content (AvgIpc) is 3.04. The molecule has 2 aromatic rings. The summed E-state index contributed by atoms with van der Waals surface area (Å²) in [6, 6.07) is 16.1. The number of benzene rings is 2. The van der Waals surface area contributed by atoms with E-state index in [2.05, 4.69) is 24.3 Å². The molecule has 1 amide bonds. The Balaban J connectivity index is 1.46. The van der Waals surface area contributed by atoms with Crippen molar-refractivity contribution in [3.8, 4) is 11.1 Å². The van der Waals surface area contributed by atoms with Crippen molar-refractivity contribution in [2.45, 2.75) is 24.8 Å². The number of hydrogen-bond donors (Lipinski definition) is 1. The number of carboxylic acids is 1. The molecule has 1 fully saturated rings. The predicted molar refractivity (Wildman–Crippen MR) is 103 cm³/mol. The van der Waals surface area contributed by atoms with Crippen LogP contribution in [0.25, 0.3) is 11.1 Å². The molecule has 4 rings (SSSR count). The van der Waals surface area contributed by atoms with Crippen LogP contribution in [0.15, 0.2) is 48.5 Å². The average molecular weight is 381 g/mol. The number of nitrogens with zero attached hydrogens (tertiary/aromatic N) is 1. The van der Waals surface area contributed by atoms with Crippen LogP contribution in [0.4, 0.5) is 4.79 Å². The summed E-state index contributed by atoms with van der Waals surface area (Å²) in [6.45, 7) is 1.46. The van der Waals surface area contributed by atoms with Crippen molar-refractivity contribution < 1.29 is 24.2 Å². The smallest absolute Gasteiger partial charge is 0.410 e. The largest absolute Gasteiger partial charge is 0.481 e. The summed E-state index contributed by atoms with van der Waals surface area (Å²) in [6.07, 6.45) is -0.0405. The fourth-order valence-corrected chi connectivity index (χ4v) is 4.10. The zero-order valence-electron chi connectivity index (χ0n) is 15.5. The quantitative estimate of drug-likeness (QED) is 0.858. The minimum absolute atomic E-state index is 0.00117. The lowest BCUT2D eigenvalue weighted by Gasteiger charge is -2.34. The summed E-state index contributed by atoms with van der Waals surface area (Å²) in [4.78, 5) is 25.2. The first-order chi connectivity index (χ1) is 13.6. The van der Waals surface area contributed by atoms with Gasteiger partial charge in [0.1, 0.15) is 6.61 Å². The van der Waals surface area contributed by atoms with Crippen molar-refractivity contribution in [3.63, 3.8) is 0 Å². The zero-order valence-corrected chi connectivity index (χ0v) is 15.5. The molecule has 146 valence electrons. The first-order valence-corrected chi connectivity index (χ1v) is 9.56. The van der Waals surface area contributed by atoms with Gasteiger partial charge in [0.25, 0.3) is 0 Å². The van der Waals surface area contributed by atoms with Gasteiger partial charge in [-0.15, -0.1) is 0 Å². The number of fused-ring (bicyclic) bond motifs is 3. The number of carboxylic acid groups (broad SMARTS) is 1. The lowest BCUT2D eigenvalue weighted by molar-refractivity contribution is -0.137. The maximum absolute atomic E-state index is 12.7. The Bertz CT molecular complexity index is 835. The molecule has 1 heterocycles. The number of ether oxygens (including phenoxy) is 2. The van der Waals surface area contributed by atoms with Gasteiger partial charge in [-0.25, -0.2) is 4.79 Å². The molecule has 0 bridgehead atoms. The zero-order chi connectivity index (χ0) is 19.5.